The Balaban J connectivity index is 1.61. The summed E-state index contributed by atoms with van der Waals surface area (Å²) in [5.74, 6) is -2.92. The monoisotopic (exact) mass is 558 g/mol. The Morgan fingerprint density at radius 3 is 2.60 bits per heavy atom. The number of ether oxygens (including phenoxy) is 4. The lowest BCUT2D eigenvalue weighted by Gasteiger charge is -2.49. The summed E-state index contributed by atoms with van der Waals surface area (Å²) in [5.41, 5.74) is 0.175. The van der Waals surface area contributed by atoms with Crippen molar-refractivity contribution < 1.29 is 43.2 Å². The highest BCUT2D eigenvalue weighted by atomic mass is 16.6. The fraction of sp³-hybridized carbons (Fsp3) is 0.677. The van der Waals surface area contributed by atoms with Crippen LogP contribution >= 0.6 is 0 Å². The number of furan rings is 1. The lowest BCUT2D eigenvalue weighted by atomic mass is 9.56. The van der Waals surface area contributed by atoms with Gasteiger partial charge in [-0.15, -0.1) is 0 Å². The highest BCUT2D eigenvalue weighted by Gasteiger charge is 2.70. The molecule has 9 heteroatoms. The van der Waals surface area contributed by atoms with E-state index in [1.807, 2.05) is 45.9 Å². The highest BCUT2D eigenvalue weighted by Crippen LogP contribution is 2.62. The van der Waals surface area contributed by atoms with Gasteiger partial charge in [0.1, 0.15) is 35.2 Å². The molecular weight excluding hydrogens is 516 g/mol. The number of methoxy groups -OCH3 is 1. The van der Waals surface area contributed by atoms with Gasteiger partial charge >= 0.3 is 11.9 Å². The SMILES string of the molecule is CC[C@@H](O)[C@H]1OC(=O)[C@H](CC)[C@H]2C=C[C@H]3[C@H]4O[C@]2(/C(C)=C/[C@H]1C)[C@@H]3[C@H](O)[C@@H](COC)[C@H]4OC(=O)c1ccoc1C. The second kappa shape index (κ2) is 11.1. The van der Waals surface area contributed by atoms with E-state index in [1.165, 1.54) is 6.26 Å². The maximum atomic E-state index is 13.7. The Hall–Kier alpha value is -2.46. The summed E-state index contributed by atoms with van der Waals surface area (Å²) in [7, 11) is 1.56. The molecule has 12 atom stereocenters. The zero-order valence-corrected chi connectivity index (χ0v) is 24.1. The van der Waals surface area contributed by atoms with Crippen LogP contribution in [-0.2, 0) is 23.7 Å². The second-order valence-corrected chi connectivity index (χ2v) is 11.9. The number of hydrogen-bond donors (Lipinski definition) is 2. The van der Waals surface area contributed by atoms with Crippen LogP contribution in [0, 0.1) is 42.4 Å². The van der Waals surface area contributed by atoms with Gasteiger partial charge in [0.25, 0.3) is 0 Å². The first-order valence-electron chi connectivity index (χ1n) is 14.5. The third-order valence-electron chi connectivity index (χ3n) is 9.76. The first-order valence-corrected chi connectivity index (χ1v) is 14.5. The van der Waals surface area contributed by atoms with E-state index in [-0.39, 0.29) is 24.4 Å². The van der Waals surface area contributed by atoms with Crippen molar-refractivity contribution in [3.05, 3.63) is 47.5 Å². The maximum Gasteiger partial charge on any atom is 0.342 e. The van der Waals surface area contributed by atoms with Gasteiger partial charge in [0.2, 0.25) is 0 Å². The molecule has 0 aromatic carbocycles. The van der Waals surface area contributed by atoms with Gasteiger partial charge in [-0.25, -0.2) is 4.79 Å². The summed E-state index contributed by atoms with van der Waals surface area (Å²) in [6.45, 7) is 9.57. The normalized spacial score (nSPS) is 42.5. The molecule has 1 aromatic rings. The Labute approximate surface area is 235 Å². The van der Waals surface area contributed by atoms with Crippen molar-refractivity contribution in [1.82, 2.24) is 0 Å². The van der Waals surface area contributed by atoms with Crippen LogP contribution < -0.4 is 0 Å². The molecule has 4 bridgehead atoms. The minimum atomic E-state index is -1.03. The molecule has 2 aliphatic heterocycles. The molecule has 0 radical (unpaired) electrons. The van der Waals surface area contributed by atoms with E-state index in [0.717, 1.165) is 5.57 Å². The van der Waals surface area contributed by atoms with Gasteiger partial charge in [-0.1, -0.05) is 39.0 Å². The fourth-order valence-electron chi connectivity index (χ4n) is 7.82. The van der Waals surface area contributed by atoms with E-state index >= 15 is 0 Å². The maximum absolute atomic E-state index is 13.7. The van der Waals surface area contributed by atoms with Crippen LogP contribution in [-0.4, -0.2) is 72.0 Å². The number of aryl methyl sites for hydroxylation is 1. The molecule has 9 nitrogen and oxygen atoms in total. The van der Waals surface area contributed by atoms with Crippen LogP contribution in [0.3, 0.4) is 0 Å². The molecule has 2 aliphatic carbocycles. The van der Waals surface area contributed by atoms with Gasteiger partial charge in [-0.3, -0.25) is 4.79 Å². The predicted octanol–water partition coefficient (Wildman–Crippen LogP) is 3.61. The molecule has 3 heterocycles. The molecule has 1 aromatic heterocycles. The first kappa shape index (κ1) is 29.0. The average molecular weight is 559 g/mol. The smallest absolute Gasteiger partial charge is 0.342 e. The summed E-state index contributed by atoms with van der Waals surface area (Å²) >= 11 is 0. The number of carbonyl (C=O) groups is 2. The van der Waals surface area contributed by atoms with Crippen LogP contribution in [0.2, 0.25) is 0 Å². The van der Waals surface area contributed by atoms with Crippen molar-refractivity contribution in [1.29, 1.82) is 0 Å². The number of rotatable bonds is 7. The van der Waals surface area contributed by atoms with E-state index in [9.17, 15) is 19.8 Å². The predicted molar refractivity (Wildman–Crippen MR) is 144 cm³/mol. The molecule has 0 unspecified atom stereocenters. The summed E-state index contributed by atoms with van der Waals surface area (Å²) in [5, 5.41) is 22.8. The zero-order valence-electron chi connectivity index (χ0n) is 24.1. The largest absolute Gasteiger partial charge is 0.469 e. The zero-order chi connectivity index (χ0) is 28.9. The van der Waals surface area contributed by atoms with Gasteiger partial charge < -0.3 is 33.6 Å². The number of esters is 2. The summed E-state index contributed by atoms with van der Waals surface area (Å²) in [6, 6.07) is 1.57. The highest BCUT2D eigenvalue weighted by molar-refractivity contribution is 5.90. The third kappa shape index (κ3) is 4.37. The van der Waals surface area contributed by atoms with Crippen molar-refractivity contribution >= 4 is 11.9 Å². The van der Waals surface area contributed by atoms with Crippen molar-refractivity contribution in [2.45, 2.75) is 83.6 Å². The van der Waals surface area contributed by atoms with Crippen LogP contribution in [0.25, 0.3) is 0 Å². The summed E-state index contributed by atoms with van der Waals surface area (Å²) < 4.78 is 30.0. The lowest BCUT2D eigenvalue weighted by Crippen LogP contribution is -2.59. The fourth-order valence-corrected chi connectivity index (χ4v) is 7.82. The molecule has 0 amide bonds. The molecule has 1 spiro atoms. The van der Waals surface area contributed by atoms with Gasteiger partial charge in [-0.2, -0.15) is 0 Å². The van der Waals surface area contributed by atoms with E-state index in [0.29, 0.717) is 24.2 Å². The Kier molecular flexibility index (Phi) is 8.05. The molecule has 5 rings (SSSR count). The van der Waals surface area contributed by atoms with Crippen LogP contribution in [0.4, 0.5) is 0 Å². The number of hydrogen-bond acceptors (Lipinski definition) is 9. The number of aliphatic hydroxyl groups excluding tert-OH is 2. The number of carbonyl (C=O) groups excluding carboxylic acids is 2. The van der Waals surface area contributed by atoms with E-state index in [2.05, 4.69) is 0 Å². The molecule has 1 saturated carbocycles. The second-order valence-electron chi connectivity index (χ2n) is 11.9. The minimum Gasteiger partial charge on any atom is -0.469 e. The number of cyclic esters (lactones) is 1. The Morgan fingerprint density at radius 1 is 1.23 bits per heavy atom. The van der Waals surface area contributed by atoms with Crippen LogP contribution in [0.5, 0.6) is 0 Å². The average Bonchev–Trinajstić information content (AvgIpc) is 3.44. The molecule has 1 saturated heterocycles. The Bertz CT molecular complexity index is 1170. The van der Waals surface area contributed by atoms with Crippen LogP contribution in [0.1, 0.15) is 56.7 Å². The summed E-state index contributed by atoms with van der Waals surface area (Å²) in [4.78, 5) is 26.9. The van der Waals surface area contributed by atoms with E-state index in [4.69, 9.17) is 23.4 Å². The first-order chi connectivity index (χ1) is 19.1. The topological polar surface area (TPSA) is 125 Å². The molecule has 2 N–H and O–H groups in total. The van der Waals surface area contributed by atoms with E-state index in [1.54, 1.807) is 20.1 Å². The standard InChI is InChI=1S/C31H42O9/c1-7-18-22-10-9-20-24-25(33)21(14-36-6)27(39-30(35)19-11-12-37-17(19)5)28(20)40-31(22,24)16(4)13-15(3)26(23(32)8-2)38-29(18)34/h9-13,15,18,20-28,32-33H,7-8,14H2,1-6H3/b16-13+/t15-,18-,20-,21-,22-,23-,24+,25-,26+,27-,28-,31+/m1/s1. The Morgan fingerprint density at radius 2 is 1.98 bits per heavy atom. The van der Waals surface area contributed by atoms with Crippen molar-refractivity contribution in [2.24, 2.45) is 35.5 Å². The van der Waals surface area contributed by atoms with Crippen LogP contribution in [0.15, 0.2) is 40.5 Å². The lowest BCUT2D eigenvalue weighted by molar-refractivity contribution is -0.168. The minimum absolute atomic E-state index is 0.167. The molecule has 2 fully saturated rings. The molecule has 220 valence electrons. The van der Waals surface area contributed by atoms with E-state index < -0.39 is 65.8 Å². The van der Waals surface area contributed by atoms with Crippen molar-refractivity contribution in [3.63, 3.8) is 0 Å². The van der Waals surface area contributed by atoms with Gasteiger partial charge in [0.15, 0.2) is 0 Å². The third-order valence-corrected chi connectivity index (χ3v) is 9.76. The molecule has 40 heavy (non-hydrogen) atoms. The quantitative estimate of drug-likeness (QED) is 0.381. The van der Waals surface area contributed by atoms with Crippen molar-refractivity contribution in [2.75, 3.05) is 13.7 Å². The van der Waals surface area contributed by atoms with Crippen molar-refractivity contribution in [3.8, 4) is 0 Å². The van der Waals surface area contributed by atoms with Gasteiger partial charge in [0.05, 0.1) is 31.0 Å². The molecule has 4 aliphatic rings. The number of aliphatic hydroxyl groups is 2. The molecular formula is C31H42O9. The van der Waals surface area contributed by atoms with Gasteiger partial charge in [0, 0.05) is 36.7 Å². The summed E-state index contributed by atoms with van der Waals surface area (Å²) in [6.07, 6.45) is 4.65. The van der Waals surface area contributed by atoms with Gasteiger partial charge in [-0.05, 0) is 38.3 Å².